The minimum absolute atomic E-state index is 0.109. The zero-order valence-corrected chi connectivity index (χ0v) is 20.4. The largest absolute Gasteiger partial charge is 0.497 e. The Morgan fingerprint density at radius 2 is 1.80 bits per heavy atom. The number of nitrogen functional groups attached to an aromatic ring is 1. The van der Waals surface area contributed by atoms with Gasteiger partial charge < -0.3 is 25.6 Å². The van der Waals surface area contributed by atoms with Crippen molar-refractivity contribution in [1.82, 2.24) is 0 Å². The maximum absolute atomic E-state index is 12.6. The molecule has 0 saturated heterocycles. The topological polar surface area (TPSA) is 93.8 Å². The number of amides is 1. The average molecular weight is 473 g/mol. The first kappa shape index (κ1) is 25.6. The van der Waals surface area contributed by atoms with Crippen LogP contribution in [0.4, 0.5) is 11.4 Å². The molecule has 0 atom stereocenters. The molecule has 0 unspecified atom stereocenters. The van der Waals surface area contributed by atoms with Crippen LogP contribution in [-0.4, -0.2) is 18.1 Å². The highest BCUT2D eigenvalue weighted by Gasteiger charge is 2.14. The smallest absolute Gasteiger partial charge is 0.248 e. The fourth-order valence-electron chi connectivity index (χ4n) is 3.49. The number of aliphatic hydroxyl groups is 1. The van der Waals surface area contributed by atoms with Crippen molar-refractivity contribution < 1.29 is 19.4 Å². The molecular weight excluding hydrogens is 440 g/mol. The normalized spacial score (nSPS) is 10.7. The summed E-state index contributed by atoms with van der Waals surface area (Å²) in [6.45, 7) is 4.27. The Morgan fingerprint density at radius 1 is 1.06 bits per heavy atom. The van der Waals surface area contributed by atoms with Crippen LogP contribution < -0.4 is 20.5 Å². The molecule has 35 heavy (non-hydrogen) atoms. The number of benzene rings is 3. The second-order valence-corrected chi connectivity index (χ2v) is 8.31. The lowest BCUT2D eigenvalue weighted by Gasteiger charge is -2.17. The molecule has 3 aromatic rings. The molecule has 3 rings (SSSR count). The van der Waals surface area contributed by atoms with Crippen molar-refractivity contribution in [3.63, 3.8) is 0 Å². The molecule has 6 heteroatoms. The van der Waals surface area contributed by atoms with Gasteiger partial charge in [0, 0.05) is 17.2 Å². The van der Waals surface area contributed by atoms with E-state index in [-0.39, 0.29) is 12.5 Å². The van der Waals surface area contributed by atoms with Crippen LogP contribution in [0.25, 0.3) is 6.08 Å². The van der Waals surface area contributed by atoms with Crippen molar-refractivity contribution in [3.05, 3.63) is 101 Å². The fraction of sp³-hybridized carbons (Fsp3) is 0.207. The molecule has 0 spiro atoms. The van der Waals surface area contributed by atoms with Gasteiger partial charge in [0.2, 0.25) is 5.91 Å². The summed E-state index contributed by atoms with van der Waals surface area (Å²) in [6, 6.07) is 18.5. The molecule has 6 nitrogen and oxygen atoms in total. The predicted octanol–water partition coefficient (Wildman–Crippen LogP) is 5.51. The molecule has 0 fully saturated rings. The lowest BCUT2D eigenvalue weighted by atomic mass is 9.98. The van der Waals surface area contributed by atoms with Crippen LogP contribution in [0.1, 0.15) is 36.1 Å². The quantitative estimate of drug-likeness (QED) is 0.206. The molecule has 3 aromatic carbocycles. The van der Waals surface area contributed by atoms with E-state index in [1.807, 2.05) is 62.4 Å². The van der Waals surface area contributed by atoms with Crippen molar-refractivity contribution in [2.45, 2.75) is 33.5 Å². The lowest BCUT2D eigenvalue weighted by molar-refractivity contribution is -0.111. The van der Waals surface area contributed by atoms with E-state index in [0.29, 0.717) is 30.2 Å². The molecule has 0 radical (unpaired) electrons. The molecule has 0 aliphatic heterocycles. The van der Waals surface area contributed by atoms with Crippen LogP contribution in [0.3, 0.4) is 0 Å². The Bertz CT molecular complexity index is 1210. The number of nitrogens with one attached hydrogen (secondary N) is 1. The summed E-state index contributed by atoms with van der Waals surface area (Å²) >= 11 is 0. The number of hydrogen-bond acceptors (Lipinski definition) is 5. The van der Waals surface area contributed by atoms with E-state index in [1.165, 1.54) is 6.08 Å². The summed E-state index contributed by atoms with van der Waals surface area (Å²) in [5.41, 5.74) is 11.5. The number of anilines is 2. The van der Waals surface area contributed by atoms with E-state index < -0.39 is 0 Å². The highest BCUT2D eigenvalue weighted by Crippen LogP contribution is 2.31. The first-order valence-electron chi connectivity index (χ1n) is 11.4. The van der Waals surface area contributed by atoms with Gasteiger partial charge in [-0.3, -0.25) is 4.79 Å². The highest BCUT2D eigenvalue weighted by molar-refractivity contribution is 6.03. The highest BCUT2D eigenvalue weighted by atomic mass is 16.5. The zero-order valence-electron chi connectivity index (χ0n) is 20.4. The summed E-state index contributed by atoms with van der Waals surface area (Å²) in [5, 5.41) is 12.8. The van der Waals surface area contributed by atoms with Gasteiger partial charge in [0.15, 0.2) is 0 Å². The second-order valence-electron chi connectivity index (χ2n) is 8.31. The number of methoxy groups -OCH3 is 1. The van der Waals surface area contributed by atoms with E-state index in [9.17, 15) is 9.90 Å². The predicted molar refractivity (Wildman–Crippen MR) is 141 cm³/mol. The van der Waals surface area contributed by atoms with Crippen molar-refractivity contribution in [1.29, 1.82) is 0 Å². The average Bonchev–Trinajstić information content (AvgIpc) is 2.86. The van der Waals surface area contributed by atoms with Crippen LogP contribution in [0.5, 0.6) is 11.5 Å². The molecule has 0 aliphatic rings. The Morgan fingerprint density at radius 3 is 2.46 bits per heavy atom. The molecular formula is C29H32N2O4. The van der Waals surface area contributed by atoms with Crippen molar-refractivity contribution in [2.75, 3.05) is 18.2 Å². The Hall–Kier alpha value is -4.03. The number of para-hydroxylation sites is 2. The fourth-order valence-corrected chi connectivity index (χ4v) is 3.49. The van der Waals surface area contributed by atoms with Gasteiger partial charge in [-0.15, -0.1) is 0 Å². The lowest BCUT2D eigenvalue weighted by Crippen LogP contribution is -2.09. The monoisotopic (exact) mass is 472 g/mol. The Kier molecular flexibility index (Phi) is 9.09. The number of carbonyl (C=O) groups excluding carboxylic acids is 1. The van der Waals surface area contributed by atoms with Crippen LogP contribution in [0.15, 0.2) is 78.4 Å². The van der Waals surface area contributed by atoms with Gasteiger partial charge in [0.25, 0.3) is 0 Å². The number of ether oxygens (including phenoxy) is 2. The van der Waals surface area contributed by atoms with E-state index in [4.69, 9.17) is 15.2 Å². The van der Waals surface area contributed by atoms with Crippen molar-refractivity contribution in [3.8, 4) is 11.5 Å². The van der Waals surface area contributed by atoms with Gasteiger partial charge in [-0.2, -0.15) is 0 Å². The standard InChI is InChI=1S/C29H32N2O4/c1-20(2)8-16-25-23(18-32)12-11-22(13-17-28(33)31-27-7-5-4-6-26(27)30)29(25)35-19-21-9-14-24(34-3)15-10-21/h4-15,17,32H,16,18-19,30H2,1-3H3,(H,31,33)/b17-13+. The number of carbonyl (C=O) groups is 1. The van der Waals surface area contributed by atoms with Gasteiger partial charge >= 0.3 is 0 Å². The Balaban J connectivity index is 1.91. The van der Waals surface area contributed by atoms with E-state index in [1.54, 1.807) is 25.3 Å². The van der Waals surface area contributed by atoms with E-state index in [0.717, 1.165) is 33.6 Å². The third kappa shape index (κ3) is 7.22. The Labute approximate surface area is 206 Å². The van der Waals surface area contributed by atoms with Crippen LogP contribution in [-0.2, 0) is 24.4 Å². The molecule has 0 saturated carbocycles. The summed E-state index contributed by atoms with van der Waals surface area (Å²) in [7, 11) is 1.63. The van der Waals surface area contributed by atoms with E-state index in [2.05, 4.69) is 11.4 Å². The second kappa shape index (κ2) is 12.4. The van der Waals surface area contributed by atoms with Gasteiger partial charge in [0.05, 0.1) is 25.1 Å². The van der Waals surface area contributed by atoms with Crippen molar-refractivity contribution in [2.24, 2.45) is 0 Å². The van der Waals surface area contributed by atoms with Crippen LogP contribution in [0, 0.1) is 0 Å². The first-order chi connectivity index (χ1) is 16.9. The number of hydrogen-bond donors (Lipinski definition) is 3. The van der Waals surface area contributed by atoms with E-state index >= 15 is 0 Å². The molecule has 0 heterocycles. The maximum Gasteiger partial charge on any atom is 0.248 e. The molecule has 182 valence electrons. The molecule has 0 aromatic heterocycles. The summed E-state index contributed by atoms with van der Waals surface area (Å²) in [5.74, 6) is 1.10. The third-order valence-corrected chi connectivity index (χ3v) is 5.45. The number of nitrogens with two attached hydrogens (primary N) is 1. The molecule has 1 amide bonds. The van der Waals surface area contributed by atoms with Crippen LogP contribution in [0.2, 0.25) is 0 Å². The molecule has 0 aliphatic carbocycles. The summed E-state index contributed by atoms with van der Waals surface area (Å²) in [4.78, 5) is 12.6. The number of aliphatic hydroxyl groups excluding tert-OH is 1. The summed E-state index contributed by atoms with van der Waals surface area (Å²) < 4.78 is 11.5. The minimum Gasteiger partial charge on any atom is -0.497 e. The number of allylic oxidation sites excluding steroid dienone is 2. The SMILES string of the molecule is COc1ccc(COc2c(/C=C/C(=O)Nc3ccccc3N)ccc(CO)c2CC=C(C)C)cc1. The third-order valence-electron chi connectivity index (χ3n) is 5.45. The first-order valence-corrected chi connectivity index (χ1v) is 11.4. The summed E-state index contributed by atoms with van der Waals surface area (Å²) in [6.07, 6.45) is 5.86. The van der Waals surface area contributed by atoms with Gasteiger partial charge in [0.1, 0.15) is 18.1 Å². The molecule has 0 bridgehead atoms. The van der Waals surface area contributed by atoms with Gasteiger partial charge in [-0.1, -0.05) is 48.0 Å². The van der Waals surface area contributed by atoms with Gasteiger partial charge in [-0.25, -0.2) is 0 Å². The van der Waals surface area contributed by atoms with Gasteiger partial charge in [-0.05, 0) is 61.7 Å². The van der Waals surface area contributed by atoms with Crippen molar-refractivity contribution >= 4 is 23.4 Å². The van der Waals surface area contributed by atoms with Crippen LogP contribution >= 0.6 is 0 Å². The molecule has 4 N–H and O–H groups in total. The zero-order chi connectivity index (χ0) is 25.2. The maximum atomic E-state index is 12.6. The number of rotatable bonds is 10. The minimum atomic E-state index is -0.305.